The molecule has 20 heavy (non-hydrogen) atoms. The Morgan fingerprint density at radius 2 is 1.70 bits per heavy atom. The number of halogens is 1. The van der Waals surface area contributed by atoms with Crippen LogP contribution in [0.1, 0.15) is 48.9 Å². The van der Waals surface area contributed by atoms with Gasteiger partial charge in [-0.1, -0.05) is 30.3 Å². The molecule has 1 fully saturated rings. The van der Waals surface area contributed by atoms with Crippen LogP contribution in [0.4, 0.5) is 0 Å². The maximum atomic E-state index is 12.0. The van der Waals surface area contributed by atoms with E-state index in [1.807, 2.05) is 30.3 Å². The van der Waals surface area contributed by atoms with E-state index in [0.29, 0.717) is 12.2 Å². The fourth-order valence-electron chi connectivity index (χ4n) is 3.05. The molecule has 1 heterocycles. The molecule has 112 valence electrons. The number of carbonyl (C=O) groups excluding carboxylic acids is 1. The van der Waals surface area contributed by atoms with Crippen molar-refractivity contribution < 1.29 is 33.3 Å². The minimum absolute atomic E-state index is 0. The van der Waals surface area contributed by atoms with Crippen LogP contribution in [0.3, 0.4) is 0 Å². The number of likely N-dealkylation sites (tertiary alicyclic amines) is 1. The largest absolute Gasteiger partial charge is 1.00 e. The summed E-state index contributed by atoms with van der Waals surface area (Å²) in [6.07, 6.45) is 7.06. The van der Waals surface area contributed by atoms with Gasteiger partial charge in [0.2, 0.25) is 0 Å². The minimum atomic E-state index is 0. The van der Waals surface area contributed by atoms with Crippen molar-refractivity contribution in [1.82, 2.24) is 0 Å². The summed E-state index contributed by atoms with van der Waals surface area (Å²) in [6.45, 7) is 3.89. The van der Waals surface area contributed by atoms with Gasteiger partial charge in [-0.05, 0) is 32.1 Å². The first-order valence-electron chi connectivity index (χ1n) is 7.61. The van der Waals surface area contributed by atoms with Gasteiger partial charge in [-0.2, -0.15) is 0 Å². The predicted octanol–water partition coefficient (Wildman–Crippen LogP) is 0.674. The van der Waals surface area contributed by atoms with Gasteiger partial charge in [-0.3, -0.25) is 4.79 Å². The van der Waals surface area contributed by atoms with Gasteiger partial charge in [0.05, 0.1) is 26.7 Å². The predicted molar refractivity (Wildman–Crippen MR) is 79.3 cm³/mol. The monoisotopic (exact) mass is 387 g/mol. The third-order valence-electron chi connectivity index (χ3n) is 4.34. The summed E-state index contributed by atoms with van der Waals surface area (Å²) in [7, 11) is 2.37. The van der Waals surface area contributed by atoms with E-state index in [1.54, 1.807) is 0 Å². The third kappa shape index (κ3) is 5.52. The molecule has 1 aliphatic heterocycles. The minimum Gasteiger partial charge on any atom is -1.00 e. The smallest absolute Gasteiger partial charge is 0.162 e. The molecule has 0 amide bonds. The maximum Gasteiger partial charge on any atom is 0.162 e. The summed E-state index contributed by atoms with van der Waals surface area (Å²) in [4.78, 5) is 12.0. The first kappa shape index (κ1) is 17.6. The fourth-order valence-corrected chi connectivity index (χ4v) is 3.05. The molecule has 0 aliphatic carbocycles. The molecule has 2 rings (SSSR count). The van der Waals surface area contributed by atoms with Crippen molar-refractivity contribution in [2.24, 2.45) is 0 Å². The Labute approximate surface area is 140 Å². The van der Waals surface area contributed by atoms with Crippen molar-refractivity contribution in [2.45, 2.75) is 38.5 Å². The highest BCUT2D eigenvalue weighted by Gasteiger charge is 2.23. The van der Waals surface area contributed by atoms with Crippen molar-refractivity contribution in [2.75, 3.05) is 26.7 Å². The number of nitrogens with zero attached hydrogens (tertiary/aromatic N) is 1. The van der Waals surface area contributed by atoms with Crippen molar-refractivity contribution >= 4 is 5.78 Å². The summed E-state index contributed by atoms with van der Waals surface area (Å²) in [5, 5.41) is 0. The van der Waals surface area contributed by atoms with Gasteiger partial charge in [0.1, 0.15) is 0 Å². The van der Waals surface area contributed by atoms with Gasteiger partial charge in [0, 0.05) is 12.0 Å². The lowest BCUT2D eigenvalue weighted by Gasteiger charge is -2.37. The molecule has 1 aliphatic rings. The van der Waals surface area contributed by atoms with Gasteiger partial charge >= 0.3 is 0 Å². The molecule has 0 aromatic heterocycles. The zero-order chi connectivity index (χ0) is 13.6. The topological polar surface area (TPSA) is 17.1 Å². The maximum absolute atomic E-state index is 12.0. The number of piperidine rings is 1. The van der Waals surface area contributed by atoms with E-state index in [-0.39, 0.29) is 24.0 Å². The SMILES string of the molecule is C[N+]1(CCCCC(=O)c2ccccc2)CCCCC1.[I-]. The van der Waals surface area contributed by atoms with E-state index < -0.39 is 0 Å². The summed E-state index contributed by atoms with van der Waals surface area (Å²) in [5.74, 6) is 0.293. The van der Waals surface area contributed by atoms with Crippen LogP contribution >= 0.6 is 0 Å². The summed E-state index contributed by atoms with van der Waals surface area (Å²) in [5.41, 5.74) is 0.862. The second-order valence-corrected chi connectivity index (χ2v) is 6.10. The van der Waals surface area contributed by atoms with Gasteiger partial charge in [0.25, 0.3) is 0 Å². The quantitative estimate of drug-likeness (QED) is 0.304. The second kappa shape index (κ2) is 8.78. The van der Waals surface area contributed by atoms with Crippen LogP contribution in [0.2, 0.25) is 0 Å². The first-order valence-corrected chi connectivity index (χ1v) is 7.61. The molecule has 2 nitrogen and oxygen atoms in total. The van der Waals surface area contributed by atoms with E-state index in [4.69, 9.17) is 0 Å². The molecule has 0 radical (unpaired) electrons. The van der Waals surface area contributed by atoms with Crippen molar-refractivity contribution in [3.05, 3.63) is 35.9 Å². The number of quaternary nitrogens is 1. The average molecular weight is 387 g/mol. The van der Waals surface area contributed by atoms with Crippen LogP contribution in [0, 0.1) is 0 Å². The lowest BCUT2D eigenvalue weighted by atomic mass is 10.0. The second-order valence-electron chi connectivity index (χ2n) is 6.10. The van der Waals surface area contributed by atoms with E-state index in [1.165, 1.54) is 49.8 Å². The molecular weight excluding hydrogens is 361 g/mol. The molecule has 1 saturated heterocycles. The Hall–Kier alpha value is -0.420. The number of Topliss-reactive ketones (excluding diaryl/α,β-unsaturated/α-hetero) is 1. The van der Waals surface area contributed by atoms with Crippen LogP contribution in [0.5, 0.6) is 0 Å². The van der Waals surface area contributed by atoms with Gasteiger partial charge < -0.3 is 28.5 Å². The molecule has 3 heteroatoms. The molecule has 1 aromatic rings. The Kier molecular flexibility index (Phi) is 7.74. The molecule has 0 N–H and O–H groups in total. The van der Waals surface area contributed by atoms with Gasteiger partial charge in [-0.15, -0.1) is 0 Å². The normalized spacial score (nSPS) is 17.2. The Morgan fingerprint density at radius 1 is 1.05 bits per heavy atom. The van der Waals surface area contributed by atoms with Crippen LogP contribution in [0.15, 0.2) is 30.3 Å². The zero-order valence-electron chi connectivity index (χ0n) is 12.5. The number of unbranched alkanes of at least 4 members (excludes halogenated alkanes) is 1. The molecule has 0 bridgehead atoms. The molecule has 0 spiro atoms. The standard InChI is InChI=1S/C17H26NO.HI/c1-18(13-7-3-8-14-18)15-9-6-12-17(19)16-10-4-2-5-11-16;/h2,4-5,10-11H,3,6-9,12-15H2,1H3;1H/q+1;/p-1. The number of hydrogen-bond donors (Lipinski definition) is 0. The number of ketones is 1. The first-order chi connectivity index (χ1) is 9.20. The van der Waals surface area contributed by atoms with Crippen molar-refractivity contribution in [3.63, 3.8) is 0 Å². The Balaban J connectivity index is 0.00000200. The lowest BCUT2D eigenvalue weighted by Crippen LogP contribution is -3.00. The van der Waals surface area contributed by atoms with Gasteiger partial charge in [0.15, 0.2) is 5.78 Å². The third-order valence-corrected chi connectivity index (χ3v) is 4.34. The summed E-state index contributed by atoms with van der Waals surface area (Å²) < 4.78 is 1.22. The molecule has 0 saturated carbocycles. The number of rotatable bonds is 6. The van der Waals surface area contributed by atoms with E-state index in [9.17, 15) is 4.79 Å². The molecule has 0 atom stereocenters. The van der Waals surface area contributed by atoms with E-state index in [0.717, 1.165) is 12.0 Å². The lowest BCUT2D eigenvalue weighted by molar-refractivity contribution is -0.914. The van der Waals surface area contributed by atoms with Crippen LogP contribution < -0.4 is 24.0 Å². The van der Waals surface area contributed by atoms with E-state index >= 15 is 0 Å². The number of carbonyl (C=O) groups is 1. The summed E-state index contributed by atoms with van der Waals surface area (Å²) in [6, 6.07) is 9.67. The zero-order valence-corrected chi connectivity index (χ0v) is 14.6. The van der Waals surface area contributed by atoms with Gasteiger partial charge in [-0.25, -0.2) is 0 Å². The average Bonchev–Trinajstić information content (AvgIpc) is 2.45. The van der Waals surface area contributed by atoms with Crippen molar-refractivity contribution in [3.8, 4) is 0 Å². The Morgan fingerprint density at radius 3 is 2.35 bits per heavy atom. The molecule has 0 unspecified atom stereocenters. The molecular formula is C17H26INO. The summed E-state index contributed by atoms with van der Waals surface area (Å²) >= 11 is 0. The highest BCUT2D eigenvalue weighted by Crippen LogP contribution is 2.17. The molecule has 1 aromatic carbocycles. The number of benzene rings is 1. The number of hydrogen-bond acceptors (Lipinski definition) is 1. The van der Waals surface area contributed by atoms with Crippen LogP contribution in [-0.2, 0) is 0 Å². The highest BCUT2D eigenvalue weighted by molar-refractivity contribution is 5.95. The van der Waals surface area contributed by atoms with E-state index in [2.05, 4.69) is 7.05 Å². The highest BCUT2D eigenvalue weighted by atomic mass is 127. The fraction of sp³-hybridized carbons (Fsp3) is 0.588. The Bertz CT molecular complexity index is 399. The van der Waals surface area contributed by atoms with Crippen molar-refractivity contribution in [1.29, 1.82) is 0 Å². The van der Waals surface area contributed by atoms with Crippen LogP contribution in [0.25, 0.3) is 0 Å². The van der Waals surface area contributed by atoms with Crippen LogP contribution in [-0.4, -0.2) is 36.9 Å².